The lowest BCUT2D eigenvalue weighted by atomic mass is 10.3. The van der Waals surface area contributed by atoms with E-state index in [1.54, 1.807) is 0 Å². The molecule has 2 rings (SSSR count). The molecule has 0 bridgehead atoms. The standard InChI is InChI=1S/C11H13FN2O6S/c12-10-2-1-9(5-11(10)14(16)17)21(18,19)13-3-4-20-7-8(13)6-15/h1-2,5,8,15H,3-4,6-7H2. The van der Waals surface area contributed by atoms with Gasteiger partial charge in [0.25, 0.3) is 0 Å². The lowest BCUT2D eigenvalue weighted by Crippen LogP contribution is -2.50. The first kappa shape index (κ1) is 15.8. The van der Waals surface area contributed by atoms with Gasteiger partial charge in [0.2, 0.25) is 15.8 Å². The molecule has 10 heteroatoms. The maximum Gasteiger partial charge on any atom is 0.306 e. The minimum absolute atomic E-state index is 0.0126. The van der Waals surface area contributed by atoms with Gasteiger partial charge in [-0.3, -0.25) is 10.1 Å². The molecule has 0 radical (unpaired) electrons. The third kappa shape index (κ3) is 3.02. The van der Waals surface area contributed by atoms with E-state index in [0.717, 1.165) is 16.4 Å². The molecule has 0 aromatic heterocycles. The quantitative estimate of drug-likeness (QED) is 0.623. The average molecular weight is 320 g/mol. The molecular weight excluding hydrogens is 307 g/mol. The first-order chi connectivity index (χ1) is 9.87. The summed E-state index contributed by atoms with van der Waals surface area (Å²) in [6, 6.07) is 1.60. The summed E-state index contributed by atoms with van der Waals surface area (Å²) in [7, 11) is -4.07. The molecule has 1 aromatic rings. The van der Waals surface area contributed by atoms with Crippen LogP contribution in [0.5, 0.6) is 0 Å². The largest absolute Gasteiger partial charge is 0.395 e. The lowest BCUT2D eigenvalue weighted by Gasteiger charge is -2.33. The number of aliphatic hydroxyl groups is 1. The topological polar surface area (TPSA) is 110 Å². The van der Waals surface area contributed by atoms with E-state index in [2.05, 4.69) is 0 Å². The summed E-state index contributed by atoms with van der Waals surface area (Å²) in [6.07, 6.45) is 0. The van der Waals surface area contributed by atoms with Crippen LogP contribution in [0, 0.1) is 15.9 Å². The number of nitrogens with zero attached hydrogens (tertiary/aromatic N) is 2. The molecular formula is C11H13FN2O6S. The number of sulfonamides is 1. The number of halogens is 1. The zero-order valence-electron chi connectivity index (χ0n) is 10.8. The fourth-order valence-corrected chi connectivity index (χ4v) is 3.63. The molecule has 0 aliphatic carbocycles. The zero-order chi connectivity index (χ0) is 15.6. The highest BCUT2D eigenvalue weighted by Crippen LogP contribution is 2.25. The van der Waals surface area contributed by atoms with Crippen LogP contribution in [0.1, 0.15) is 0 Å². The van der Waals surface area contributed by atoms with Crippen molar-refractivity contribution in [1.82, 2.24) is 4.31 Å². The number of benzene rings is 1. The molecule has 116 valence electrons. The van der Waals surface area contributed by atoms with Crippen LogP contribution in [0.25, 0.3) is 0 Å². The van der Waals surface area contributed by atoms with Crippen molar-refractivity contribution in [3.05, 3.63) is 34.1 Å². The number of aliphatic hydroxyl groups excluding tert-OH is 1. The van der Waals surface area contributed by atoms with Crippen LogP contribution in [0.15, 0.2) is 23.1 Å². The zero-order valence-corrected chi connectivity index (χ0v) is 11.6. The Balaban J connectivity index is 2.43. The lowest BCUT2D eigenvalue weighted by molar-refractivity contribution is -0.387. The number of hydrogen-bond acceptors (Lipinski definition) is 6. The Kier molecular flexibility index (Phi) is 4.52. The molecule has 1 N–H and O–H groups in total. The molecule has 1 heterocycles. The van der Waals surface area contributed by atoms with E-state index in [0.29, 0.717) is 6.07 Å². The Hall–Kier alpha value is -1.62. The molecule has 1 aromatic carbocycles. The van der Waals surface area contributed by atoms with Crippen LogP contribution in [-0.4, -0.2) is 55.2 Å². The summed E-state index contributed by atoms with van der Waals surface area (Å²) in [5.41, 5.74) is -0.912. The van der Waals surface area contributed by atoms with E-state index in [1.807, 2.05) is 0 Å². The van der Waals surface area contributed by atoms with Gasteiger partial charge >= 0.3 is 5.69 Å². The Morgan fingerprint density at radius 2 is 2.24 bits per heavy atom. The number of morpholine rings is 1. The van der Waals surface area contributed by atoms with Gasteiger partial charge in [-0.15, -0.1) is 0 Å². The fraction of sp³-hybridized carbons (Fsp3) is 0.455. The van der Waals surface area contributed by atoms with E-state index in [-0.39, 0.29) is 19.8 Å². The summed E-state index contributed by atoms with van der Waals surface area (Å²) in [5, 5.41) is 19.9. The monoisotopic (exact) mass is 320 g/mol. The van der Waals surface area contributed by atoms with Gasteiger partial charge in [0.05, 0.1) is 35.7 Å². The third-order valence-corrected chi connectivity index (χ3v) is 5.05. The predicted octanol–water partition coefficient (Wildman–Crippen LogP) is 0.116. The van der Waals surface area contributed by atoms with E-state index in [9.17, 15) is 28.0 Å². The number of ether oxygens (including phenoxy) is 1. The Morgan fingerprint density at radius 3 is 2.86 bits per heavy atom. The van der Waals surface area contributed by atoms with Crippen LogP contribution < -0.4 is 0 Å². The Bertz CT molecular complexity index is 650. The first-order valence-corrected chi connectivity index (χ1v) is 7.46. The van der Waals surface area contributed by atoms with Crippen molar-refractivity contribution in [2.45, 2.75) is 10.9 Å². The first-order valence-electron chi connectivity index (χ1n) is 6.02. The van der Waals surface area contributed by atoms with Gasteiger partial charge in [-0.2, -0.15) is 8.70 Å². The van der Waals surface area contributed by atoms with Crippen LogP contribution in [0.3, 0.4) is 0 Å². The highest BCUT2D eigenvalue weighted by molar-refractivity contribution is 7.89. The second-order valence-corrected chi connectivity index (χ2v) is 6.29. The highest BCUT2D eigenvalue weighted by Gasteiger charge is 2.34. The minimum Gasteiger partial charge on any atom is -0.395 e. The second kappa shape index (κ2) is 6.02. The number of hydrogen-bond donors (Lipinski definition) is 1. The SMILES string of the molecule is O=[N+]([O-])c1cc(S(=O)(=O)N2CCOCC2CO)ccc1F. The Labute approximate surface area is 119 Å². The molecule has 1 atom stereocenters. The van der Waals surface area contributed by atoms with Crippen molar-refractivity contribution in [2.24, 2.45) is 0 Å². The molecule has 0 amide bonds. The molecule has 0 saturated carbocycles. The van der Waals surface area contributed by atoms with Gasteiger partial charge in [-0.1, -0.05) is 0 Å². The fourth-order valence-electron chi connectivity index (χ4n) is 2.03. The Morgan fingerprint density at radius 1 is 1.52 bits per heavy atom. The average Bonchev–Trinajstić information content (AvgIpc) is 2.47. The molecule has 1 unspecified atom stereocenters. The molecule has 0 spiro atoms. The smallest absolute Gasteiger partial charge is 0.306 e. The molecule has 1 aliphatic heterocycles. The molecule has 8 nitrogen and oxygen atoms in total. The van der Waals surface area contributed by atoms with Crippen molar-refractivity contribution < 1.29 is 27.6 Å². The van der Waals surface area contributed by atoms with Gasteiger partial charge < -0.3 is 9.84 Å². The maximum absolute atomic E-state index is 13.3. The van der Waals surface area contributed by atoms with Gasteiger partial charge in [0.15, 0.2) is 0 Å². The van der Waals surface area contributed by atoms with Crippen molar-refractivity contribution in [3.8, 4) is 0 Å². The maximum atomic E-state index is 13.3. The van der Waals surface area contributed by atoms with E-state index in [1.165, 1.54) is 0 Å². The van der Waals surface area contributed by atoms with Crippen LogP contribution in [0.2, 0.25) is 0 Å². The normalized spacial score (nSPS) is 20.4. The van der Waals surface area contributed by atoms with Gasteiger partial charge in [-0.05, 0) is 12.1 Å². The van der Waals surface area contributed by atoms with Crippen molar-refractivity contribution in [2.75, 3.05) is 26.4 Å². The van der Waals surface area contributed by atoms with E-state index >= 15 is 0 Å². The number of rotatable bonds is 4. The van der Waals surface area contributed by atoms with Gasteiger partial charge in [0, 0.05) is 12.6 Å². The number of nitro benzene ring substituents is 1. The summed E-state index contributed by atoms with van der Waals surface area (Å²) in [6.45, 7) is -0.251. The molecule has 21 heavy (non-hydrogen) atoms. The minimum atomic E-state index is -4.07. The predicted molar refractivity (Wildman–Crippen MR) is 68.6 cm³/mol. The van der Waals surface area contributed by atoms with Gasteiger partial charge in [0.1, 0.15) is 0 Å². The third-order valence-electron chi connectivity index (χ3n) is 3.11. The van der Waals surface area contributed by atoms with Crippen molar-refractivity contribution in [1.29, 1.82) is 0 Å². The van der Waals surface area contributed by atoms with Crippen molar-refractivity contribution >= 4 is 15.7 Å². The molecule has 1 fully saturated rings. The van der Waals surface area contributed by atoms with Crippen LogP contribution in [-0.2, 0) is 14.8 Å². The van der Waals surface area contributed by atoms with Crippen LogP contribution in [0.4, 0.5) is 10.1 Å². The summed E-state index contributed by atoms with van der Waals surface area (Å²) < 4.78 is 44.3. The molecule has 1 saturated heterocycles. The van der Waals surface area contributed by atoms with Gasteiger partial charge in [-0.25, -0.2) is 8.42 Å². The number of nitro groups is 1. The molecule has 1 aliphatic rings. The summed E-state index contributed by atoms with van der Waals surface area (Å²) in [4.78, 5) is 9.31. The summed E-state index contributed by atoms with van der Waals surface area (Å²) >= 11 is 0. The summed E-state index contributed by atoms with van der Waals surface area (Å²) in [5.74, 6) is -1.11. The second-order valence-electron chi connectivity index (χ2n) is 4.40. The van der Waals surface area contributed by atoms with E-state index in [4.69, 9.17) is 4.74 Å². The van der Waals surface area contributed by atoms with Crippen LogP contribution >= 0.6 is 0 Å². The highest BCUT2D eigenvalue weighted by atomic mass is 32.2. The van der Waals surface area contributed by atoms with E-state index < -0.39 is 44.0 Å². The van der Waals surface area contributed by atoms with Crippen molar-refractivity contribution in [3.63, 3.8) is 0 Å².